The quantitative estimate of drug-likeness (QED) is 0.575. The Bertz CT molecular complexity index is 847. The highest BCUT2D eigenvalue weighted by Gasteiger charge is 2.12. The second-order valence-electron chi connectivity index (χ2n) is 6.34. The smallest absolute Gasteiger partial charge is 0.228 e. The molecule has 6 heteroatoms. The van der Waals surface area contributed by atoms with E-state index in [0.717, 1.165) is 16.9 Å². The Kier molecular flexibility index (Phi) is 7.57. The van der Waals surface area contributed by atoms with Crippen molar-refractivity contribution >= 4 is 40.9 Å². The maximum atomic E-state index is 12.5. The number of carbonyl (C=O) groups excluding carboxylic acids is 1. The van der Waals surface area contributed by atoms with Crippen LogP contribution in [0, 0.1) is 0 Å². The van der Waals surface area contributed by atoms with Gasteiger partial charge in [-0.25, -0.2) is 0 Å². The first-order chi connectivity index (χ1) is 12.8. The maximum absolute atomic E-state index is 12.5. The highest BCUT2D eigenvalue weighted by atomic mass is 35.5. The van der Waals surface area contributed by atoms with E-state index in [9.17, 15) is 4.79 Å². The van der Waals surface area contributed by atoms with Crippen LogP contribution in [0.5, 0.6) is 5.75 Å². The zero-order chi connectivity index (χ0) is 20.0. The second kappa shape index (κ2) is 9.67. The van der Waals surface area contributed by atoms with Gasteiger partial charge in [-0.2, -0.15) is 0 Å². The molecule has 1 amide bonds. The summed E-state index contributed by atoms with van der Waals surface area (Å²) in [6, 6.07) is 10.6. The monoisotopic (exact) mass is 407 g/mol. The van der Waals surface area contributed by atoms with Crippen molar-refractivity contribution in [3.05, 3.63) is 63.3 Å². The highest BCUT2D eigenvalue weighted by molar-refractivity contribution is 6.36. The molecule has 0 aliphatic carbocycles. The third-order valence-electron chi connectivity index (χ3n) is 3.65. The van der Waals surface area contributed by atoms with Crippen molar-refractivity contribution in [1.82, 2.24) is 0 Å². The van der Waals surface area contributed by atoms with Gasteiger partial charge in [-0.1, -0.05) is 29.3 Å². The van der Waals surface area contributed by atoms with Crippen LogP contribution in [-0.4, -0.2) is 19.1 Å². The van der Waals surface area contributed by atoms with Gasteiger partial charge in [0.1, 0.15) is 5.75 Å². The number of hydrogen-bond donors (Lipinski definition) is 1. The first-order valence-corrected chi connectivity index (χ1v) is 9.31. The fourth-order valence-electron chi connectivity index (χ4n) is 2.63. The fraction of sp³-hybridized carbons (Fsp3) is 0.286. The van der Waals surface area contributed by atoms with E-state index in [2.05, 4.69) is 5.32 Å². The van der Waals surface area contributed by atoms with Crippen LogP contribution in [0.15, 0.2) is 42.2 Å². The summed E-state index contributed by atoms with van der Waals surface area (Å²) in [7, 11) is 1.58. The summed E-state index contributed by atoms with van der Waals surface area (Å²) < 4.78 is 11.0. The molecule has 0 aliphatic rings. The van der Waals surface area contributed by atoms with Crippen molar-refractivity contribution in [1.29, 1.82) is 0 Å². The van der Waals surface area contributed by atoms with Crippen LogP contribution in [0.25, 0.3) is 6.08 Å². The van der Waals surface area contributed by atoms with Crippen molar-refractivity contribution in [2.24, 2.45) is 0 Å². The van der Waals surface area contributed by atoms with Gasteiger partial charge in [-0.05, 0) is 62.7 Å². The minimum absolute atomic E-state index is 0.105. The number of carbonyl (C=O) groups is 1. The fourth-order valence-corrected chi connectivity index (χ4v) is 3.08. The molecule has 0 radical (unpaired) electrons. The molecular weight excluding hydrogens is 385 g/mol. The third kappa shape index (κ3) is 6.49. The van der Waals surface area contributed by atoms with Crippen LogP contribution in [-0.2, 0) is 16.0 Å². The van der Waals surface area contributed by atoms with E-state index < -0.39 is 0 Å². The van der Waals surface area contributed by atoms with E-state index in [1.54, 1.807) is 25.3 Å². The average molecular weight is 408 g/mol. The predicted octanol–water partition coefficient (Wildman–Crippen LogP) is 5.97. The van der Waals surface area contributed by atoms with Gasteiger partial charge in [0.2, 0.25) is 5.91 Å². The Morgan fingerprint density at radius 1 is 1.19 bits per heavy atom. The number of allylic oxidation sites excluding steroid dienone is 1. The first-order valence-electron chi connectivity index (χ1n) is 8.55. The Hall–Kier alpha value is -2.17. The van der Waals surface area contributed by atoms with Gasteiger partial charge in [0, 0.05) is 10.6 Å². The molecule has 2 rings (SSSR count). The predicted molar refractivity (Wildman–Crippen MR) is 112 cm³/mol. The number of rotatable bonds is 7. The number of halogens is 2. The van der Waals surface area contributed by atoms with Gasteiger partial charge in [-0.15, -0.1) is 0 Å². The van der Waals surface area contributed by atoms with Gasteiger partial charge in [0.05, 0.1) is 36.1 Å². The lowest BCUT2D eigenvalue weighted by molar-refractivity contribution is -0.115. The van der Waals surface area contributed by atoms with Gasteiger partial charge in [-0.3, -0.25) is 4.79 Å². The number of methoxy groups -OCH3 is 1. The molecule has 1 N–H and O–H groups in total. The number of amides is 1. The molecule has 2 aromatic carbocycles. The largest absolute Gasteiger partial charge is 0.496 e. The number of ether oxygens (including phenoxy) is 2. The molecule has 0 saturated carbocycles. The zero-order valence-electron chi connectivity index (χ0n) is 15.8. The number of hydrogen-bond acceptors (Lipinski definition) is 3. The second-order valence-corrected chi connectivity index (χ2v) is 7.19. The van der Waals surface area contributed by atoms with E-state index >= 15 is 0 Å². The summed E-state index contributed by atoms with van der Waals surface area (Å²) in [5.74, 6) is 1.25. The van der Waals surface area contributed by atoms with Gasteiger partial charge in [0.25, 0.3) is 0 Å². The molecule has 0 unspecified atom stereocenters. The van der Waals surface area contributed by atoms with Crippen LogP contribution >= 0.6 is 23.2 Å². The van der Waals surface area contributed by atoms with E-state index in [-0.39, 0.29) is 18.4 Å². The molecule has 0 fully saturated rings. The molecule has 27 heavy (non-hydrogen) atoms. The summed E-state index contributed by atoms with van der Waals surface area (Å²) in [6.45, 7) is 5.85. The summed E-state index contributed by atoms with van der Waals surface area (Å²) >= 11 is 12.0. The van der Waals surface area contributed by atoms with E-state index in [4.69, 9.17) is 32.7 Å². The topological polar surface area (TPSA) is 47.6 Å². The molecule has 0 atom stereocenters. The Balaban J connectivity index is 2.18. The minimum Gasteiger partial charge on any atom is -0.496 e. The standard InChI is InChI=1S/C21H23Cl2NO3/c1-13(2)27-14(3)9-15-5-8-20(26-4)16(10-15)11-21(25)24-19-7-6-17(22)12-18(19)23/h5-10,12-13H,11H2,1-4H3,(H,24,25)/b14-9-. The molecule has 2 aromatic rings. The van der Waals surface area contributed by atoms with E-state index in [0.29, 0.717) is 21.5 Å². The van der Waals surface area contributed by atoms with Crippen molar-refractivity contribution in [3.8, 4) is 5.75 Å². The first kappa shape index (κ1) is 21.1. The highest BCUT2D eigenvalue weighted by Crippen LogP contribution is 2.27. The lowest BCUT2D eigenvalue weighted by Gasteiger charge is -2.12. The van der Waals surface area contributed by atoms with Crippen LogP contribution in [0.4, 0.5) is 5.69 Å². The molecule has 0 aromatic heterocycles. The molecular formula is C21H23Cl2NO3. The van der Waals surface area contributed by atoms with E-state index in [1.165, 1.54) is 0 Å². The molecule has 144 valence electrons. The Morgan fingerprint density at radius 2 is 1.93 bits per heavy atom. The Labute approximate surface area is 170 Å². The molecule has 0 saturated heterocycles. The summed E-state index contributed by atoms with van der Waals surface area (Å²) in [5, 5.41) is 3.70. The molecule has 0 spiro atoms. The minimum atomic E-state index is -0.200. The van der Waals surface area contributed by atoms with Gasteiger partial charge < -0.3 is 14.8 Å². The number of benzene rings is 2. The Morgan fingerprint density at radius 3 is 2.56 bits per heavy atom. The SMILES string of the molecule is COc1ccc(/C=C(/C)OC(C)C)cc1CC(=O)Nc1ccc(Cl)cc1Cl. The summed E-state index contributed by atoms with van der Waals surface area (Å²) in [5.41, 5.74) is 2.22. The molecule has 0 aliphatic heterocycles. The van der Waals surface area contributed by atoms with Crippen LogP contribution in [0.1, 0.15) is 31.9 Å². The average Bonchev–Trinajstić information content (AvgIpc) is 2.57. The lowest BCUT2D eigenvalue weighted by Crippen LogP contribution is -2.15. The number of anilines is 1. The van der Waals surface area contributed by atoms with Crippen molar-refractivity contribution in [2.75, 3.05) is 12.4 Å². The van der Waals surface area contributed by atoms with Crippen LogP contribution < -0.4 is 10.1 Å². The van der Waals surface area contributed by atoms with Crippen molar-refractivity contribution in [2.45, 2.75) is 33.3 Å². The van der Waals surface area contributed by atoms with Crippen LogP contribution in [0.2, 0.25) is 10.0 Å². The zero-order valence-corrected chi connectivity index (χ0v) is 17.3. The van der Waals surface area contributed by atoms with Gasteiger partial charge in [0.15, 0.2) is 0 Å². The van der Waals surface area contributed by atoms with Crippen molar-refractivity contribution < 1.29 is 14.3 Å². The summed E-state index contributed by atoms with van der Waals surface area (Å²) in [4.78, 5) is 12.5. The van der Waals surface area contributed by atoms with E-state index in [1.807, 2.05) is 45.0 Å². The number of nitrogens with one attached hydrogen (secondary N) is 1. The molecule has 0 heterocycles. The van der Waals surface area contributed by atoms with Gasteiger partial charge >= 0.3 is 0 Å². The third-order valence-corrected chi connectivity index (χ3v) is 4.20. The maximum Gasteiger partial charge on any atom is 0.228 e. The lowest BCUT2D eigenvalue weighted by atomic mass is 10.1. The van der Waals surface area contributed by atoms with Crippen molar-refractivity contribution in [3.63, 3.8) is 0 Å². The molecule has 0 bridgehead atoms. The summed E-state index contributed by atoms with van der Waals surface area (Å²) in [6.07, 6.45) is 2.18. The molecule has 4 nitrogen and oxygen atoms in total. The normalized spacial score (nSPS) is 11.4. The van der Waals surface area contributed by atoms with Crippen LogP contribution in [0.3, 0.4) is 0 Å².